The maximum atomic E-state index is 12.5. The Hall–Kier alpha value is -2.01. The predicted octanol–water partition coefficient (Wildman–Crippen LogP) is 5.28. The van der Waals surface area contributed by atoms with Crippen LogP contribution in [0.5, 0.6) is 0 Å². The number of aromatic nitrogens is 1. The maximum absolute atomic E-state index is 12.5. The lowest BCUT2D eigenvalue weighted by molar-refractivity contribution is 0.102. The van der Waals surface area contributed by atoms with Crippen LogP contribution in [0.15, 0.2) is 39.4 Å². The lowest BCUT2D eigenvalue weighted by atomic mass is 10.2. The zero-order valence-corrected chi connectivity index (χ0v) is 15.0. The second-order valence-electron chi connectivity index (χ2n) is 5.64. The summed E-state index contributed by atoms with van der Waals surface area (Å²) in [5.41, 5.74) is 2.51. The molecule has 4 nitrogen and oxygen atoms in total. The minimum absolute atomic E-state index is 0.168. The Morgan fingerprint density at radius 1 is 1.26 bits per heavy atom. The minimum atomic E-state index is -0.168. The molecule has 0 spiro atoms. The van der Waals surface area contributed by atoms with E-state index in [0.29, 0.717) is 21.6 Å². The number of fused-ring (bicyclic) bond motifs is 1. The van der Waals surface area contributed by atoms with Crippen LogP contribution in [0.4, 0.5) is 5.69 Å². The Balaban J connectivity index is 1.88. The second kappa shape index (κ2) is 6.24. The first-order valence-electron chi connectivity index (χ1n) is 7.67. The van der Waals surface area contributed by atoms with Crippen LogP contribution >= 0.6 is 15.9 Å². The minimum Gasteiger partial charge on any atom is -0.465 e. The van der Waals surface area contributed by atoms with Gasteiger partial charge in [-0.25, -0.2) is 0 Å². The summed E-state index contributed by atoms with van der Waals surface area (Å²) in [6, 6.07) is 8.05. The normalized spacial score (nSPS) is 11.1. The summed E-state index contributed by atoms with van der Waals surface area (Å²) in [5.74, 6) is 1.15. The molecule has 1 amide bonds. The third kappa shape index (κ3) is 2.93. The Labute approximate surface area is 143 Å². The Morgan fingerprint density at radius 3 is 2.70 bits per heavy atom. The number of benzene rings is 1. The van der Waals surface area contributed by atoms with Gasteiger partial charge in [-0.1, -0.05) is 6.92 Å². The molecule has 3 rings (SSSR count). The lowest BCUT2D eigenvalue weighted by Crippen LogP contribution is -2.12. The highest BCUT2D eigenvalue weighted by atomic mass is 79.9. The number of halogens is 1. The molecule has 0 saturated carbocycles. The summed E-state index contributed by atoms with van der Waals surface area (Å²) in [6.45, 7) is 6.78. The number of carbonyl (C=O) groups is 1. The third-order valence-corrected chi connectivity index (χ3v) is 4.86. The molecule has 2 heterocycles. The van der Waals surface area contributed by atoms with Crippen LogP contribution in [0.2, 0.25) is 0 Å². The van der Waals surface area contributed by atoms with E-state index in [1.165, 1.54) is 5.52 Å². The Bertz CT molecular complexity index is 877. The van der Waals surface area contributed by atoms with Crippen molar-refractivity contribution in [2.75, 3.05) is 5.32 Å². The Morgan fingerprint density at radius 2 is 2.04 bits per heavy atom. The van der Waals surface area contributed by atoms with Crippen LogP contribution < -0.4 is 5.32 Å². The molecule has 1 aromatic carbocycles. The van der Waals surface area contributed by atoms with Crippen LogP contribution in [0.1, 0.15) is 35.2 Å². The molecule has 0 aliphatic heterocycles. The van der Waals surface area contributed by atoms with E-state index in [9.17, 15) is 4.79 Å². The molecule has 120 valence electrons. The molecule has 0 unspecified atom stereocenters. The van der Waals surface area contributed by atoms with Gasteiger partial charge in [-0.15, -0.1) is 0 Å². The predicted molar refractivity (Wildman–Crippen MR) is 96.1 cm³/mol. The van der Waals surface area contributed by atoms with Gasteiger partial charge in [0.1, 0.15) is 11.5 Å². The average molecular weight is 375 g/mol. The fourth-order valence-electron chi connectivity index (χ4n) is 2.82. The van der Waals surface area contributed by atoms with Gasteiger partial charge >= 0.3 is 0 Å². The van der Waals surface area contributed by atoms with E-state index in [1.807, 2.05) is 25.1 Å². The van der Waals surface area contributed by atoms with Crippen molar-refractivity contribution < 1.29 is 9.21 Å². The van der Waals surface area contributed by atoms with Gasteiger partial charge < -0.3 is 14.3 Å². The molecule has 23 heavy (non-hydrogen) atoms. The topological polar surface area (TPSA) is 47.2 Å². The number of amides is 1. The quantitative estimate of drug-likeness (QED) is 0.675. The fraction of sp³-hybridized carbons (Fsp3) is 0.278. The highest BCUT2D eigenvalue weighted by molar-refractivity contribution is 9.10. The SMILES string of the molecule is CCCn1ccc2cc(NC(=O)c3c(C)oc(C)c3Br)ccc21. The van der Waals surface area contributed by atoms with Crippen LogP contribution in [0.3, 0.4) is 0 Å². The summed E-state index contributed by atoms with van der Waals surface area (Å²) >= 11 is 3.42. The number of hydrogen-bond acceptors (Lipinski definition) is 2. The van der Waals surface area contributed by atoms with Gasteiger partial charge in [-0.3, -0.25) is 4.79 Å². The molecule has 1 N–H and O–H groups in total. The van der Waals surface area contributed by atoms with Gasteiger partial charge in [0.05, 0.1) is 10.0 Å². The fourth-order valence-corrected chi connectivity index (χ4v) is 3.36. The molecule has 2 aromatic heterocycles. The largest absolute Gasteiger partial charge is 0.465 e. The van der Waals surface area contributed by atoms with E-state index in [0.717, 1.165) is 24.0 Å². The Kier molecular flexibility index (Phi) is 4.31. The lowest BCUT2D eigenvalue weighted by Gasteiger charge is -2.07. The van der Waals surface area contributed by atoms with Crippen molar-refractivity contribution in [2.45, 2.75) is 33.7 Å². The number of hydrogen-bond donors (Lipinski definition) is 1. The molecule has 0 fully saturated rings. The van der Waals surface area contributed by atoms with Gasteiger partial charge in [0.15, 0.2) is 0 Å². The van der Waals surface area contributed by atoms with E-state index >= 15 is 0 Å². The van der Waals surface area contributed by atoms with Crippen LogP contribution in [0.25, 0.3) is 10.9 Å². The van der Waals surface area contributed by atoms with Crippen molar-refractivity contribution in [1.29, 1.82) is 0 Å². The average Bonchev–Trinajstić information content (AvgIpc) is 3.01. The van der Waals surface area contributed by atoms with Gasteiger partial charge in [0.2, 0.25) is 0 Å². The van der Waals surface area contributed by atoms with Crippen molar-refractivity contribution in [1.82, 2.24) is 4.57 Å². The van der Waals surface area contributed by atoms with E-state index in [-0.39, 0.29) is 5.91 Å². The summed E-state index contributed by atoms with van der Waals surface area (Å²) in [6.07, 6.45) is 3.18. The molecule has 0 aliphatic carbocycles. The third-order valence-electron chi connectivity index (χ3n) is 3.91. The summed E-state index contributed by atoms with van der Waals surface area (Å²) in [5, 5.41) is 4.07. The second-order valence-corrected chi connectivity index (χ2v) is 6.43. The number of anilines is 1. The van der Waals surface area contributed by atoms with Crippen LogP contribution in [-0.4, -0.2) is 10.5 Å². The van der Waals surface area contributed by atoms with Gasteiger partial charge in [-0.05, 0) is 60.5 Å². The van der Waals surface area contributed by atoms with Crippen molar-refractivity contribution in [3.8, 4) is 0 Å². The van der Waals surface area contributed by atoms with Crippen molar-refractivity contribution in [3.63, 3.8) is 0 Å². The highest BCUT2D eigenvalue weighted by Gasteiger charge is 2.20. The maximum Gasteiger partial charge on any atom is 0.260 e. The van der Waals surface area contributed by atoms with Gasteiger partial charge in [0, 0.05) is 29.3 Å². The number of furan rings is 1. The molecule has 0 aliphatic rings. The first kappa shape index (κ1) is 15.9. The number of rotatable bonds is 4. The van der Waals surface area contributed by atoms with E-state index in [4.69, 9.17) is 4.42 Å². The summed E-state index contributed by atoms with van der Waals surface area (Å²) in [4.78, 5) is 12.5. The highest BCUT2D eigenvalue weighted by Crippen LogP contribution is 2.28. The van der Waals surface area contributed by atoms with E-state index < -0.39 is 0 Å². The van der Waals surface area contributed by atoms with Gasteiger partial charge in [-0.2, -0.15) is 0 Å². The summed E-state index contributed by atoms with van der Waals surface area (Å²) < 4.78 is 8.43. The molecule has 0 saturated heterocycles. The van der Waals surface area contributed by atoms with Gasteiger partial charge in [0.25, 0.3) is 5.91 Å². The van der Waals surface area contributed by atoms with Crippen LogP contribution in [0, 0.1) is 13.8 Å². The van der Waals surface area contributed by atoms with E-state index in [1.54, 1.807) is 6.92 Å². The smallest absolute Gasteiger partial charge is 0.260 e. The molecular weight excluding hydrogens is 356 g/mol. The molecule has 0 bridgehead atoms. The summed E-state index contributed by atoms with van der Waals surface area (Å²) in [7, 11) is 0. The molecule has 0 atom stereocenters. The number of nitrogens with one attached hydrogen (secondary N) is 1. The number of aryl methyl sites for hydroxylation is 3. The molecule has 5 heteroatoms. The van der Waals surface area contributed by atoms with Crippen molar-refractivity contribution in [2.24, 2.45) is 0 Å². The monoisotopic (exact) mass is 374 g/mol. The number of nitrogens with zero attached hydrogens (tertiary/aromatic N) is 1. The molecular formula is C18H19BrN2O2. The van der Waals surface area contributed by atoms with Crippen molar-refractivity contribution in [3.05, 3.63) is 52.0 Å². The first-order chi connectivity index (χ1) is 11.0. The van der Waals surface area contributed by atoms with E-state index in [2.05, 4.69) is 45.0 Å². The van der Waals surface area contributed by atoms with Crippen molar-refractivity contribution >= 4 is 38.4 Å². The zero-order valence-electron chi connectivity index (χ0n) is 13.4. The van der Waals surface area contributed by atoms with Crippen LogP contribution in [-0.2, 0) is 6.54 Å². The molecule has 0 radical (unpaired) electrons. The molecule has 3 aromatic rings. The number of carbonyl (C=O) groups excluding carboxylic acids is 1. The standard InChI is InChI=1S/C18H19BrN2O2/c1-4-8-21-9-7-13-10-14(5-6-15(13)21)20-18(22)16-11(2)23-12(3)17(16)19/h5-7,9-10H,4,8H2,1-3H3,(H,20,22). The zero-order chi connectivity index (χ0) is 16.6. The first-order valence-corrected chi connectivity index (χ1v) is 8.46.